The van der Waals surface area contributed by atoms with Crippen LogP contribution in [-0.4, -0.2) is 27.5 Å². The summed E-state index contributed by atoms with van der Waals surface area (Å²) in [7, 11) is -0.729. The van der Waals surface area contributed by atoms with Crippen LogP contribution < -0.4 is 11.1 Å². The van der Waals surface area contributed by atoms with E-state index in [-0.39, 0.29) is 22.1 Å². The molecular formula is C30H33BrFN3O3Si. The Bertz CT molecular complexity index is 1660. The van der Waals surface area contributed by atoms with Gasteiger partial charge in [-0.05, 0) is 95.0 Å². The fraction of sp³-hybridized carbons (Fsp3) is 0.367. The van der Waals surface area contributed by atoms with Gasteiger partial charge in [-0.15, -0.1) is 0 Å². The minimum atomic E-state index is -2.52. The number of hydrogen-bond acceptors (Lipinski definition) is 4. The number of pyridine rings is 1. The smallest absolute Gasteiger partial charge is 0.282 e. The van der Waals surface area contributed by atoms with Crippen molar-refractivity contribution in [3.05, 3.63) is 90.2 Å². The molecule has 9 heteroatoms. The van der Waals surface area contributed by atoms with E-state index in [4.69, 9.17) is 0 Å². The molecule has 1 unspecified atom stereocenters. The summed E-state index contributed by atoms with van der Waals surface area (Å²) in [6, 6.07) is 7.59. The van der Waals surface area contributed by atoms with Crippen LogP contribution in [0.1, 0.15) is 49.1 Å². The Hall–Kier alpha value is -2.88. The molecule has 2 aliphatic rings. The van der Waals surface area contributed by atoms with Gasteiger partial charge in [0.25, 0.3) is 11.1 Å². The number of benzene rings is 1. The maximum absolute atomic E-state index is 15.0. The predicted octanol–water partition coefficient (Wildman–Crippen LogP) is 6.17. The molecule has 0 aliphatic heterocycles. The summed E-state index contributed by atoms with van der Waals surface area (Å²) in [5, 5.41) is 4.20. The highest BCUT2D eigenvalue weighted by Gasteiger charge is 2.41. The fourth-order valence-corrected chi connectivity index (χ4v) is 6.96. The highest BCUT2D eigenvalue weighted by molar-refractivity contribution is 9.10. The van der Waals surface area contributed by atoms with Crippen LogP contribution in [0.25, 0.3) is 28.7 Å². The molecule has 0 amide bonds. The third kappa shape index (κ3) is 4.85. The molecule has 0 bridgehead atoms. The van der Waals surface area contributed by atoms with E-state index in [1.165, 1.54) is 17.0 Å². The number of nitrogens with zero attached hydrogens (tertiary/aromatic N) is 3. The minimum absolute atomic E-state index is 0.0150. The summed E-state index contributed by atoms with van der Waals surface area (Å²) in [6.45, 7) is 8.14. The largest absolute Gasteiger partial charge is 0.432 e. The van der Waals surface area contributed by atoms with Gasteiger partial charge in [0.1, 0.15) is 5.83 Å². The first-order chi connectivity index (χ1) is 18.3. The Kier molecular flexibility index (Phi) is 7.06. The van der Waals surface area contributed by atoms with Crippen molar-refractivity contribution in [2.75, 3.05) is 0 Å². The summed E-state index contributed by atoms with van der Waals surface area (Å²) >= 11 is 3.44. The first-order valence-corrected chi connectivity index (χ1v) is 16.9. The third-order valence-electron chi connectivity index (χ3n) is 8.57. The van der Waals surface area contributed by atoms with Crippen molar-refractivity contribution in [3.8, 4) is 16.8 Å². The van der Waals surface area contributed by atoms with Gasteiger partial charge in [-0.25, -0.2) is 4.39 Å². The molecule has 2 heterocycles. The lowest BCUT2D eigenvalue weighted by Gasteiger charge is -2.38. The highest BCUT2D eigenvalue weighted by atomic mass is 79.9. The lowest BCUT2D eigenvalue weighted by molar-refractivity contribution is 0.367. The minimum Gasteiger partial charge on any atom is -0.432 e. The normalized spacial score (nSPS) is 17.0. The van der Waals surface area contributed by atoms with Gasteiger partial charge < -0.3 is 9.36 Å². The van der Waals surface area contributed by atoms with Crippen LogP contribution in [0.15, 0.2) is 56.7 Å². The maximum Gasteiger partial charge on any atom is 0.282 e. The van der Waals surface area contributed by atoms with E-state index < -0.39 is 19.7 Å². The molecule has 0 radical (unpaired) electrons. The zero-order valence-electron chi connectivity index (χ0n) is 22.9. The van der Waals surface area contributed by atoms with Crippen LogP contribution in [-0.2, 0) is 19.9 Å². The molecule has 2 aliphatic carbocycles. The average molecular weight is 611 g/mol. The number of hydrogen-bond donors (Lipinski definition) is 1. The summed E-state index contributed by atoms with van der Waals surface area (Å²) in [5.74, 6) is -0.458. The number of allylic oxidation sites excluding steroid dienone is 2. The molecule has 204 valence electrons. The topological polar surface area (TPSA) is 77.1 Å². The van der Waals surface area contributed by atoms with Gasteiger partial charge in [0.05, 0.1) is 21.9 Å². The quantitative estimate of drug-likeness (QED) is 0.359. The molecule has 0 spiro atoms. The van der Waals surface area contributed by atoms with Gasteiger partial charge in [-0.1, -0.05) is 38.1 Å². The molecule has 1 atom stereocenters. The lowest BCUT2D eigenvalue weighted by Crippen LogP contribution is -2.40. The van der Waals surface area contributed by atoms with Crippen LogP contribution in [0.2, 0.25) is 18.1 Å². The summed E-state index contributed by atoms with van der Waals surface area (Å²) in [4.78, 5) is 37.7. The van der Waals surface area contributed by atoms with E-state index in [0.29, 0.717) is 35.0 Å². The molecule has 3 aromatic rings. The summed E-state index contributed by atoms with van der Waals surface area (Å²) < 4.78 is 18.5. The van der Waals surface area contributed by atoms with E-state index in [1.807, 2.05) is 43.4 Å². The number of halogens is 2. The molecule has 5 rings (SSSR count). The number of rotatable bonds is 4. The van der Waals surface area contributed by atoms with Crippen LogP contribution in [0.3, 0.4) is 0 Å². The van der Waals surface area contributed by atoms with E-state index in [9.17, 15) is 14.4 Å². The zero-order chi connectivity index (χ0) is 28.3. The van der Waals surface area contributed by atoms with Crippen LogP contribution in [0, 0.1) is 5.92 Å². The summed E-state index contributed by atoms with van der Waals surface area (Å²) in [6.07, 6.45) is 8.90. The van der Waals surface area contributed by atoms with Crippen LogP contribution >= 0.6 is 15.9 Å². The molecule has 1 N–H and O–H groups in total. The Morgan fingerprint density at radius 1 is 1.18 bits per heavy atom. The maximum atomic E-state index is 15.0. The van der Waals surface area contributed by atoms with E-state index in [0.717, 1.165) is 28.8 Å². The first-order valence-electron chi connectivity index (χ1n) is 13.2. The zero-order valence-corrected chi connectivity index (χ0v) is 25.5. The highest BCUT2D eigenvalue weighted by Crippen LogP contribution is 2.46. The van der Waals surface area contributed by atoms with Crippen molar-refractivity contribution >= 4 is 36.2 Å². The Morgan fingerprint density at radius 3 is 2.64 bits per heavy atom. The lowest BCUT2D eigenvalue weighted by atomic mass is 9.87. The van der Waals surface area contributed by atoms with Gasteiger partial charge in [-0.3, -0.25) is 9.59 Å². The van der Waals surface area contributed by atoms with Crippen molar-refractivity contribution in [3.63, 3.8) is 0 Å². The Morgan fingerprint density at radius 2 is 1.92 bits per heavy atom. The van der Waals surface area contributed by atoms with Crippen LogP contribution in [0.5, 0.6) is 0 Å². The second-order valence-corrected chi connectivity index (χ2v) is 17.1. The fourth-order valence-electron chi connectivity index (χ4n) is 5.68. The predicted molar refractivity (Wildman–Crippen MR) is 160 cm³/mol. The van der Waals surface area contributed by atoms with Crippen molar-refractivity contribution in [1.82, 2.24) is 14.3 Å². The second kappa shape index (κ2) is 9.94. The van der Waals surface area contributed by atoms with Gasteiger partial charge in [-0.2, -0.15) is 9.78 Å². The molecule has 2 aromatic heterocycles. The van der Waals surface area contributed by atoms with Gasteiger partial charge in [0.2, 0.25) is 0 Å². The average Bonchev–Trinajstić information content (AvgIpc) is 3.14. The SMILES string of the molecule is Cn1c2c(cc(Br)c1=O)-c1cccc(-n3ncc4c(c3=O)C(F)=CCC=C4)c1CC(CC(C)(C)[Si](C)(C)O)C2. The van der Waals surface area contributed by atoms with Crippen molar-refractivity contribution in [2.45, 2.75) is 57.7 Å². The monoisotopic (exact) mass is 609 g/mol. The molecule has 0 fully saturated rings. The first kappa shape index (κ1) is 27.7. The van der Waals surface area contributed by atoms with E-state index in [2.05, 4.69) is 34.9 Å². The van der Waals surface area contributed by atoms with Crippen LogP contribution in [0.4, 0.5) is 4.39 Å². The van der Waals surface area contributed by atoms with E-state index in [1.54, 1.807) is 17.7 Å². The van der Waals surface area contributed by atoms with Crippen molar-refractivity contribution in [1.29, 1.82) is 0 Å². The third-order valence-corrected chi connectivity index (χ3v) is 12.7. The Labute approximate surface area is 236 Å². The number of aromatic nitrogens is 3. The molecular weight excluding hydrogens is 577 g/mol. The molecule has 6 nitrogen and oxygen atoms in total. The molecule has 1 aromatic carbocycles. The van der Waals surface area contributed by atoms with Crippen molar-refractivity contribution in [2.24, 2.45) is 13.0 Å². The van der Waals surface area contributed by atoms with Gasteiger partial charge in [0.15, 0.2) is 8.32 Å². The summed E-state index contributed by atoms with van der Waals surface area (Å²) in [5.41, 5.74) is 4.13. The van der Waals surface area contributed by atoms with Gasteiger partial charge in [0, 0.05) is 23.9 Å². The van der Waals surface area contributed by atoms with E-state index >= 15 is 4.39 Å². The number of fused-ring (bicyclic) bond motifs is 4. The molecule has 39 heavy (non-hydrogen) atoms. The van der Waals surface area contributed by atoms with Gasteiger partial charge >= 0.3 is 0 Å². The molecule has 0 saturated carbocycles. The second-order valence-electron chi connectivity index (χ2n) is 11.8. The Balaban J connectivity index is 1.76. The standard InChI is InChI=1S/C30H33BrFN3O3Si/c1-30(2,39(4,5)38)16-18-13-21-20(22-15-23(31)28(36)34(3)26(22)14-18)10-8-12-25(21)35-29(37)27-19(17-33-35)9-6-7-11-24(27)32/h6,8-12,15,17-18,38H,7,13-14,16H2,1-5H3. The van der Waals surface area contributed by atoms with Crippen molar-refractivity contribution < 1.29 is 9.19 Å². The molecule has 0 saturated heterocycles.